The maximum atomic E-state index is 6.49. The van der Waals surface area contributed by atoms with Crippen LogP contribution in [0.25, 0.3) is 0 Å². The molecule has 114 valence electrons. The molecule has 0 aliphatic carbocycles. The molecule has 0 aromatic carbocycles. The lowest BCUT2D eigenvalue weighted by molar-refractivity contribution is 0.505. The minimum Gasteiger partial charge on any atom is -0.309 e. The largest absolute Gasteiger partial charge is 0.309 e. The lowest BCUT2D eigenvalue weighted by Gasteiger charge is -2.17. The molecule has 0 saturated heterocycles. The van der Waals surface area contributed by atoms with Gasteiger partial charge in [-0.05, 0) is 19.9 Å². The van der Waals surface area contributed by atoms with Gasteiger partial charge >= 0.3 is 0 Å². The van der Waals surface area contributed by atoms with E-state index in [0.29, 0.717) is 0 Å². The van der Waals surface area contributed by atoms with Gasteiger partial charge in [0.15, 0.2) is 0 Å². The standard InChI is InChI=1S/C15H22ClN5/c1-4-11-15(16)14(21(6-3)20-11)9-12(18-5-2)13-10-17-7-8-19-13/h7-8,10,12,18H,4-6,9H2,1-3H3. The quantitative estimate of drug-likeness (QED) is 0.854. The number of nitrogens with zero attached hydrogens (tertiary/aromatic N) is 4. The summed E-state index contributed by atoms with van der Waals surface area (Å²) in [5, 5.41) is 8.81. The Hall–Kier alpha value is -1.46. The topological polar surface area (TPSA) is 55.6 Å². The number of hydrogen-bond acceptors (Lipinski definition) is 4. The van der Waals surface area contributed by atoms with Crippen LogP contribution >= 0.6 is 11.6 Å². The van der Waals surface area contributed by atoms with Gasteiger partial charge in [-0.25, -0.2) is 0 Å². The fourth-order valence-electron chi connectivity index (χ4n) is 2.42. The summed E-state index contributed by atoms with van der Waals surface area (Å²) in [6.07, 6.45) is 6.80. The number of aromatic nitrogens is 4. The molecule has 0 fully saturated rings. The first-order chi connectivity index (χ1) is 10.2. The van der Waals surface area contributed by atoms with Crippen LogP contribution in [-0.2, 0) is 19.4 Å². The van der Waals surface area contributed by atoms with Gasteiger partial charge in [-0.2, -0.15) is 5.10 Å². The van der Waals surface area contributed by atoms with Gasteiger partial charge in [-0.15, -0.1) is 0 Å². The third-order valence-corrected chi connectivity index (χ3v) is 3.92. The van der Waals surface area contributed by atoms with E-state index in [4.69, 9.17) is 11.6 Å². The number of hydrogen-bond donors (Lipinski definition) is 1. The molecule has 1 atom stereocenters. The highest BCUT2D eigenvalue weighted by atomic mass is 35.5. The van der Waals surface area contributed by atoms with Crippen LogP contribution in [0.4, 0.5) is 0 Å². The van der Waals surface area contributed by atoms with Crippen molar-refractivity contribution in [3.63, 3.8) is 0 Å². The zero-order chi connectivity index (χ0) is 15.2. The van der Waals surface area contributed by atoms with Crippen LogP contribution in [0.5, 0.6) is 0 Å². The summed E-state index contributed by atoms with van der Waals surface area (Å²) in [6.45, 7) is 7.91. The Morgan fingerprint density at radius 1 is 1.29 bits per heavy atom. The molecule has 2 heterocycles. The van der Waals surface area contributed by atoms with E-state index in [9.17, 15) is 0 Å². The molecule has 0 aliphatic rings. The van der Waals surface area contributed by atoms with Crippen molar-refractivity contribution in [2.24, 2.45) is 0 Å². The second-order valence-corrected chi connectivity index (χ2v) is 5.20. The summed E-state index contributed by atoms with van der Waals surface area (Å²) >= 11 is 6.49. The predicted molar refractivity (Wildman–Crippen MR) is 84.4 cm³/mol. The van der Waals surface area contributed by atoms with Gasteiger partial charge in [0, 0.05) is 31.6 Å². The van der Waals surface area contributed by atoms with Crippen molar-refractivity contribution in [2.75, 3.05) is 6.54 Å². The van der Waals surface area contributed by atoms with Crippen molar-refractivity contribution in [1.82, 2.24) is 25.1 Å². The van der Waals surface area contributed by atoms with Gasteiger partial charge in [0.1, 0.15) is 0 Å². The molecule has 21 heavy (non-hydrogen) atoms. The van der Waals surface area contributed by atoms with Crippen molar-refractivity contribution in [2.45, 2.75) is 46.2 Å². The molecule has 0 saturated carbocycles. The molecule has 0 aliphatic heterocycles. The summed E-state index contributed by atoms with van der Waals surface area (Å²) in [5.41, 5.74) is 2.95. The van der Waals surface area contributed by atoms with E-state index < -0.39 is 0 Å². The number of halogens is 1. The highest BCUT2D eigenvalue weighted by Crippen LogP contribution is 2.26. The van der Waals surface area contributed by atoms with E-state index in [1.54, 1.807) is 18.6 Å². The van der Waals surface area contributed by atoms with E-state index in [-0.39, 0.29) is 6.04 Å². The molecule has 0 radical (unpaired) electrons. The summed E-state index contributed by atoms with van der Waals surface area (Å²) in [4.78, 5) is 8.57. The summed E-state index contributed by atoms with van der Waals surface area (Å²) in [7, 11) is 0. The SMILES string of the molecule is CCNC(Cc1c(Cl)c(CC)nn1CC)c1cnccn1. The summed E-state index contributed by atoms with van der Waals surface area (Å²) < 4.78 is 1.99. The van der Waals surface area contributed by atoms with Crippen molar-refractivity contribution in [3.8, 4) is 0 Å². The minimum absolute atomic E-state index is 0.0907. The Balaban J connectivity index is 2.31. The first kappa shape index (κ1) is 15.9. The monoisotopic (exact) mass is 307 g/mol. The van der Waals surface area contributed by atoms with Crippen LogP contribution in [-0.4, -0.2) is 26.3 Å². The average molecular weight is 308 g/mol. The molecule has 2 aromatic heterocycles. The third-order valence-electron chi connectivity index (χ3n) is 3.48. The summed E-state index contributed by atoms with van der Waals surface area (Å²) in [6, 6.07) is 0.0907. The molecule has 2 rings (SSSR count). The Morgan fingerprint density at radius 2 is 2.10 bits per heavy atom. The fraction of sp³-hybridized carbons (Fsp3) is 0.533. The Morgan fingerprint density at radius 3 is 2.67 bits per heavy atom. The maximum absolute atomic E-state index is 6.49. The fourth-order valence-corrected chi connectivity index (χ4v) is 2.77. The Kier molecular flexibility index (Phi) is 5.70. The summed E-state index contributed by atoms with van der Waals surface area (Å²) in [5.74, 6) is 0. The molecule has 0 spiro atoms. The lowest BCUT2D eigenvalue weighted by atomic mass is 10.1. The van der Waals surface area contributed by atoms with Gasteiger partial charge in [-0.3, -0.25) is 14.6 Å². The van der Waals surface area contributed by atoms with Gasteiger partial charge in [0.05, 0.1) is 28.1 Å². The van der Waals surface area contributed by atoms with Crippen LogP contribution in [0.15, 0.2) is 18.6 Å². The molecular formula is C15H22ClN5. The van der Waals surface area contributed by atoms with Crippen LogP contribution in [0.2, 0.25) is 5.02 Å². The van der Waals surface area contributed by atoms with Gasteiger partial charge in [0.2, 0.25) is 0 Å². The van der Waals surface area contributed by atoms with E-state index in [1.807, 2.05) is 4.68 Å². The Labute approximate surface area is 130 Å². The van der Waals surface area contributed by atoms with E-state index >= 15 is 0 Å². The number of aryl methyl sites for hydroxylation is 2. The molecule has 1 N–H and O–H groups in total. The second-order valence-electron chi connectivity index (χ2n) is 4.82. The van der Waals surface area contributed by atoms with Crippen LogP contribution in [0.3, 0.4) is 0 Å². The highest BCUT2D eigenvalue weighted by Gasteiger charge is 2.20. The van der Waals surface area contributed by atoms with Crippen LogP contribution in [0, 0.1) is 0 Å². The van der Waals surface area contributed by atoms with Crippen molar-refractivity contribution in [3.05, 3.63) is 40.7 Å². The van der Waals surface area contributed by atoms with Gasteiger partial charge in [0.25, 0.3) is 0 Å². The second kappa shape index (κ2) is 7.52. The number of likely N-dealkylation sites (N-methyl/N-ethyl adjacent to an activating group) is 1. The number of rotatable bonds is 7. The normalized spacial score (nSPS) is 12.6. The Bertz CT molecular complexity index is 567. The van der Waals surface area contributed by atoms with Crippen LogP contribution in [0.1, 0.15) is 43.9 Å². The van der Waals surface area contributed by atoms with E-state index in [1.165, 1.54) is 0 Å². The molecule has 0 bridgehead atoms. The highest BCUT2D eigenvalue weighted by molar-refractivity contribution is 6.31. The third kappa shape index (κ3) is 3.60. The maximum Gasteiger partial charge on any atom is 0.0850 e. The predicted octanol–water partition coefficient (Wildman–Crippen LogP) is 2.80. The number of nitrogens with one attached hydrogen (secondary N) is 1. The minimum atomic E-state index is 0.0907. The first-order valence-corrected chi connectivity index (χ1v) is 7.82. The molecule has 2 aromatic rings. The van der Waals surface area contributed by atoms with Crippen LogP contribution < -0.4 is 5.32 Å². The van der Waals surface area contributed by atoms with E-state index in [2.05, 4.69) is 41.2 Å². The molecule has 1 unspecified atom stereocenters. The van der Waals surface area contributed by atoms with E-state index in [0.717, 1.165) is 48.0 Å². The average Bonchev–Trinajstić information content (AvgIpc) is 2.83. The van der Waals surface area contributed by atoms with Crippen molar-refractivity contribution in [1.29, 1.82) is 0 Å². The van der Waals surface area contributed by atoms with Crippen molar-refractivity contribution >= 4 is 11.6 Å². The molecular weight excluding hydrogens is 286 g/mol. The molecule has 6 heteroatoms. The lowest BCUT2D eigenvalue weighted by Crippen LogP contribution is -2.25. The first-order valence-electron chi connectivity index (χ1n) is 7.44. The zero-order valence-electron chi connectivity index (χ0n) is 12.8. The van der Waals surface area contributed by atoms with Gasteiger partial charge < -0.3 is 5.32 Å². The molecule has 5 nitrogen and oxygen atoms in total. The van der Waals surface area contributed by atoms with Gasteiger partial charge in [-0.1, -0.05) is 25.4 Å². The van der Waals surface area contributed by atoms with Crippen molar-refractivity contribution < 1.29 is 0 Å². The molecule has 0 amide bonds. The zero-order valence-corrected chi connectivity index (χ0v) is 13.6. The smallest absolute Gasteiger partial charge is 0.0850 e.